The first kappa shape index (κ1) is 20.4. The van der Waals surface area contributed by atoms with E-state index in [0.717, 1.165) is 5.57 Å². The molecule has 0 spiro atoms. The molecular formula is C20H23ClFN3O3. The van der Waals surface area contributed by atoms with Gasteiger partial charge in [0.2, 0.25) is 5.91 Å². The molecule has 3 heterocycles. The van der Waals surface area contributed by atoms with Crippen LogP contribution in [0.25, 0.3) is 5.70 Å². The lowest BCUT2D eigenvalue weighted by Crippen LogP contribution is -2.52. The van der Waals surface area contributed by atoms with Crippen molar-refractivity contribution < 1.29 is 18.7 Å². The van der Waals surface area contributed by atoms with Crippen LogP contribution in [0, 0.1) is 5.95 Å². The molecule has 0 aromatic carbocycles. The molecule has 0 saturated carbocycles. The topological polar surface area (TPSA) is 54.9 Å². The number of morpholine rings is 1. The number of pyridine rings is 1. The molecule has 1 amide bonds. The highest BCUT2D eigenvalue weighted by atomic mass is 35.5. The van der Waals surface area contributed by atoms with Crippen molar-refractivity contribution >= 4 is 23.2 Å². The van der Waals surface area contributed by atoms with Gasteiger partial charge < -0.3 is 19.3 Å². The minimum absolute atomic E-state index is 0.0480. The van der Waals surface area contributed by atoms with Crippen LogP contribution in [0.5, 0.6) is 5.75 Å². The minimum Gasteiger partial charge on any atom is -0.491 e. The summed E-state index contributed by atoms with van der Waals surface area (Å²) in [5.74, 6) is -0.785. The Morgan fingerprint density at radius 2 is 2.29 bits per heavy atom. The van der Waals surface area contributed by atoms with Crippen LogP contribution < -0.4 is 4.74 Å². The Morgan fingerprint density at radius 3 is 2.96 bits per heavy atom. The molecular weight excluding hydrogens is 385 g/mol. The number of carbonyl (C=O) groups is 1. The van der Waals surface area contributed by atoms with E-state index in [1.165, 1.54) is 19.4 Å². The van der Waals surface area contributed by atoms with Gasteiger partial charge in [-0.15, -0.1) is 0 Å². The lowest BCUT2D eigenvalue weighted by molar-refractivity contribution is -0.137. The number of ether oxygens (including phenoxy) is 2. The van der Waals surface area contributed by atoms with E-state index >= 15 is 0 Å². The summed E-state index contributed by atoms with van der Waals surface area (Å²) < 4.78 is 25.3. The Kier molecular flexibility index (Phi) is 6.05. The molecule has 3 rings (SSSR count). The zero-order valence-electron chi connectivity index (χ0n) is 16.1. The first-order chi connectivity index (χ1) is 13.4. The van der Waals surface area contributed by atoms with E-state index in [1.54, 1.807) is 11.0 Å². The molecule has 2 aliphatic heterocycles. The number of rotatable bonds is 4. The number of nitrogens with zero attached hydrogens (tertiary/aromatic N) is 3. The highest BCUT2D eigenvalue weighted by molar-refractivity contribution is 6.22. The van der Waals surface area contributed by atoms with Crippen LogP contribution in [0.1, 0.15) is 12.5 Å². The van der Waals surface area contributed by atoms with Gasteiger partial charge in [-0.3, -0.25) is 4.79 Å². The van der Waals surface area contributed by atoms with Crippen LogP contribution in [0.3, 0.4) is 0 Å². The predicted molar refractivity (Wildman–Crippen MR) is 105 cm³/mol. The second-order valence-corrected chi connectivity index (χ2v) is 7.08. The van der Waals surface area contributed by atoms with Crippen LogP contribution in [-0.2, 0) is 9.53 Å². The number of likely N-dealkylation sites (N-methyl/N-ethyl adjacent to an activating group) is 1. The Morgan fingerprint density at radius 1 is 1.54 bits per heavy atom. The van der Waals surface area contributed by atoms with E-state index in [0.29, 0.717) is 24.4 Å². The van der Waals surface area contributed by atoms with Crippen molar-refractivity contribution in [2.75, 3.05) is 27.3 Å². The highest BCUT2D eigenvalue weighted by Crippen LogP contribution is 2.36. The molecule has 0 aliphatic carbocycles. The number of methoxy groups -OCH3 is 1. The second-order valence-electron chi connectivity index (χ2n) is 6.63. The fourth-order valence-corrected chi connectivity index (χ4v) is 3.81. The quantitative estimate of drug-likeness (QED) is 0.332. The summed E-state index contributed by atoms with van der Waals surface area (Å²) in [6, 6.07) is 1.47. The molecule has 6 nitrogen and oxygen atoms in total. The number of halogens is 2. The van der Waals surface area contributed by atoms with Gasteiger partial charge in [-0.2, -0.15) is 4.39 Å². The molecule has 1 unspecified atom stereocenters. The third-order valence-corrected chi connectivity index (χ3v) is 5.49. The Hall–Kier alpha value is -2.38. The standard InChI is InChI=1S/C20H23ClFN3O3/c1-5-17(26)25-8-9-28-18(12(25)2)13-10-15(24(3)16(21)11-13)14-6-7-23-20(22)19(14)27-4/h5-7,10-12,16,18H,1,8-9H2,2-4H3/t12-,16?,18+/m0/s1. The Bertz CT molecular complexity index is 842. The molecule has 1 saturated heterocycles. The zero-order chi connectivity index (χ0) is 20.4. The Balaban J connectivity index is 2.01. The minimum atomic E-state index is -0.693. The number of hydrogen-bond acceptors (Lipinski definition) is 5. The number of aromatic nitrogens is 1. The fourth-order valence-electron chi connectivity index (χ4n) is 3.56. The number of carbonyl (C=O) groups excluding carboxylic acids is 1. The van der Waals surface area contributed by atoms with E-state index in [9.17, 15) is 9.18 Å². The molecule has 150 valence electrons. The average Bonchev–Trinajstić information content (AvgIpc) is 2.69. The van der Waals surface area contributed by atoms with Crippen LogP contribution in [0.4, 0.5) is 4.39 Å². The van der Waals surface area contributed by atoms with Crippen molar-refractivity contribution in [2.45, 2.75) is 24.6 Å². The molecule has 0 bridgehead atoms. The van der Waals surface area contributed by atoms with E-state index in [4.69, 9.17) is 21.1 Å². The van der Waals surface area contributed by atoms with Gasteiger partial charge in [0, 0.05) is 31.0 Å². The van der Waals surface area contributed by atoms with Crippen molar-refractivity contribution in [2.24, 2.45) is 0 Å². The monoisotopic (exact) mass is 407 g/mol. The second kappa shape index (κ2) is 8.32. The lowest BCUT2D eigenvalue weighted by atomic mass is 9.95. The lowest BCUT2D eigenvalue weighted by Gasteiger charge is -2.41. The van der Waals surface area contributed by atoms with Gasteiger partial charge in [0.15, 0.2) is 5.75 Å². The normalized spacial score (nSPS) is 25.1. The van der Waals surface area contributed by atoms with Crippen LogP contribution >= 0.6 is 11.6 Å². The maximum absolute atomic E-state index is 14.1. The smallest absolute Gasteiger partial charge is 0.255 e. The van der Waals surface area contributed by atoms with Crippen molar-refractivity contribution in [1.29, 1.82) is 0 Å². The van der Waals surface area contributed by atoms with Gasteiger partial charge in [-0.1, -0.05) is 18.2 Å². The molecule has 1 aromatic rings. The van der Waals surface area contributed by atoms with Crippen molar-refractivity contribution in [1.82, 2.24) is 14.8 Å². The maximum atomic E-state index is 14.1. The van der Waals surface area contributed by atoms with E-state index < -0.39 is 11.4 Å². The maximum Gasteiger partial charge on any atom is 0.255 e. The largest absolute Gasteiger partial charge is 0.491 e. The number of alkyl halides is 1. The molecule has 0 radical (unpaired) electrons. The molecule has 0 N–H and O–H groups in total. The van der Waals surface area contributed by atoms with Gasteiger partial charge in [0.25, 0.3) is 5.95 Å². The fraction of sp³-hybridized carbons (Fsp3) is 0.400. The predicted octanol–water partition coefficient (Wildman–Crippen LogP) is 2.81. The average molecular weight is 408 g/mol. The molecule has 28 heavy (non-hydrogen) atoms. The van der Waals surface area contributed by atoms with Gasteiger partial charge in [-0.05, 0) is 36.8 Å². The summed E-state index contributed by atoms with van der Waals surface area (Å²) >= 11 is 6.54. The van der Waals surface area contributed by atoms with E-state index in [-0.39, 0.29) is 23.8 Å². The van der Waals surface area contributed by atoms with Crippen LogP contribution in [-0.4, -0.2) is 65.6 Å². The van der Waals surface area contributed by atoms with Crippen molar-refractivity contribution in [3.8, 4) is 5.75 Å². The summed E-state index contributed by atoms with van der Waals surface area (Å²) in [6.07, 6.45) is 6.09. The van der Waals surface area contributed by atoms with Gasteiger partial charge in [0.05, 0.1) is 19.8 Å². The summed E-state index contributed by atoms with van der Waals surface area (Å²) in [4.78, 5) is 19.3. The van der Waals surface area contributed by atoms with Crippen LogP contribution in [0.2, 0.25) is 0 Å². The van der Waals surface area contributed by atoms with Gasteiger partial charge in [-0.25, -0.2) is 4.98 Å². The molecule has 1 fully saturated rings. The van der Waals surface area contributed by atoms with E-state index in [2.05, 4.69) is 11.6 Å². The summed E-state index contributed by atoms with van der Waals surface area (Å²) in [6.45, 7) is 6.40. The third kappa shape index (κ3) is 3.64. The highest BCUT2D eigenvalue weighted by Gasteiger charge is 2.35. The first-order valence-corrected chi connectivity index (χ1v) is 9.36. The van der Waals surface area contributed by atoms with Crippen LogP contribution in [0.15, 0.2) is 42.6 Å². The first-order valence-electron chi connectivity index (χ1n) is 8.92. The molecule has 8 heteroatoms. The van der Waals surface area contributed by atoms with E-state index in [1.807, 2.05) is 31.0 Å². The molecule has 3 atom stereocenters. The van der Waals surface area contributed by atoms with Crippen molar-refractivity contribution in [3.63, 3.8) is 0 Å². The molecule has 1 aromatic heterocycles. The summed E-state index contributed by atoms with van der Waals surface area (Å²) in [7, 11) is 3.21. The summed E-state index contributed by atoms with van der Waals surface area (Å²) in [5.41, 5.74) is 1.56. The molecule has 2 aliphatic rings. The SMILES string of the molecule is C=CC(=O)N1CCO[C@@H](C2=CC(Cl)N(C)C(c3ccnc(F)c3OC)=C2)[C@@H]1C. The summed E-state index contributed by atoms with van der Waals surface area (Å²) in [5, 5.41) is 0. The Labute approximate surface area is 168 Å². The van der Waals surface area contributed by atoms with Gasteiger partial charge >= 0.3 is 0 Å². The third-order valence-electron chi connectivity index (χ3n) is 5.07. The van der Waals surface area contributed by atoms with Gasteiger partial charge in [0.1, 0.15) is 11.6 Å². The zero-order valence-corrected chi connectivity index (χ0v) is 16.8. The number of amides is 1. The number of hydrogen-bond donors (Lipinski definition) is 0. The van der Waals surface area contributed by atoms with Crippen molar-refractivity contribution in [3.05, 3.63) is 54.2 Å².